The highest BCUT2D eigenvalue weighted by atomic mass is 32.2. The molecule has 1 aliphatic heterocycles. The van der Waals surface area contributed by atoms with Crippen LogP contribution in [0.5, 0.6) is 0 Å². The summed E-state index contributed by atoms with van der Waals surface area (Å²) >= 11 is 1.78. The van der Waals surface area contributed by atoms with Crippen molar-refractivity contribution in [2.75, 3.05) is 18.1 Å². The van der Waals surface area contributed by atoms with Crippen LogP contribution in [0.15, 0.2) is 24.3 Å². The number of carbonyl (C=O) groups is 1. The Balaban J connectivity index is 1.84. The molecule has 0 N–H and O–H groups in total. The molecule has 1 atom stereocenters. The number of ether oxygens (including phenoxy) is 1. The van der Waals surface area contributed by atoms with Gasteiger partial charge in [0, 0.05) is 18.1 Å². The Morgan fingerprint density at radius 3 is 3.10 bits per heavy atom. The molecule has 2 heterocycles. The second-order valence-corrected chi connectivity index (χ2v) is 5.99. The average Bonchev–Trinajstić information content (AvgIpc) is 2.85. The third-order valence-electron chi connectivity index (χ3n) is 3.56. The van der Waals surface area contributed by atoms with Crippen molar-refractivity contribution in [3.05, 3.63) is 30.1 Å². The molecule has 0 aliphatic carbocycles. The fourth-order valence-corrected chi connectivity index (χ4v) is 3.43. The topological polar surface area (TPSA) is 44.1 Å². The Morgan fingerprint density at radius 2 is 2.35 bits per heavy atom. The lowest BCUT2D eigenvalue weighted by atomic mass is 10.2. The molecular formula is C15H18N2O2S. The van der Waals surface area contributed by atoms with Crippen LogP contribution in [0, 0.1) is 0 Å². The highest BCUT2D eigenvalue weighted by Gasteiger charge is 2.24. The van der Waals surface area contributed by atoms with Gasteiger partial charge in [-0.25, -0.2) is 4.98 Å². The van der Waals surface area contributed by atoms with Gasteiger partial charge < -0.3 is 9.30 Å². The standard InChI is InChI=1S/C15H18N2O2S/c1-2-17-12-6-4-3-5-11(12)16-15(17)9-13(18)14-10-20-8-7-19-14/h3-6,14H,2,7-10H2,1H3. The summed E-state index contributed by atoms with van der Waals surface area (Å²) in [5.41, 5.74) is 2.05. The van der Waals surface area contributed by atoms with E-state index in [0.29, 0.717) is 13.0 Å². The number of para-hydroxylation sites is 2. The smallest absolute Gasteiger partial charge is 0.169 e. The summed E-state index contributed by atoms with van der Waals surface area (Å²) in [5.74, 6) is 2.74. The second-order valence-electron chi connectivity index (χ2n) is 4.84. The van der Waals surface area contributed by atoms with E-state index in [1.165, 1.54) is 0 Å². The predicted octanol–water partition coefficient (Wildman–Crippen LogP) is 2.30. The van der Waals surface area contributed by atoms with E-state index in [-0.39, 0.29) is 11.9 Å². The number of fused-ring (bicyclic) bond motifs is 1. The molecule has 5 heteroatoms. The molecule has 1 aliphatic rings. The lowest BCUT2D eigenvalue weighted by molar-refractivity contribution is -0.128. The molecule has 0 radical (unpaired) electrons. The number of aryl methyl sites for hydroxylation is 1. The van der Waals surface area contributed by atoms with Gasteiger partial charge >= 0.3 is 0 Å². The number of benzene rings is 1. The molecule has 20 heavy (non-hydrogen) atoms. The van der Waals surface area contributed by atoms with Crippen molar-refractivity contribution in [3.63, 3.8) is 0 Å². The van der Waals surface area contributed by atoms with Crippen LogP contribution in [0.3, 0.4) is 0 Å². The molecule has 2 aromatic rings. The zero-order valence-corrected chi connectivity index (χ0v) is 12.4. The van der Waals surface area contributed by atoms with E-state index in [4.69, 9.17) is 4.74 Å². The summed E-state index contributed by atoms with van der Waals surface area (Å²) in [7, 11) is 0. The third kappa shape index (κ3) is 2.60. The molecule has 1 aromatic carbocycles. The first-order valence-electron chi connectivity index (χ1n) is 6.95. The van der Waals surface area contributed by atoms with Crippen LogP contribution in [-0.4, -0.2) is 39.6 Å². The van der Waals surface area contributed by atoms with Gasteiger partial charge in [-0.1, -0.05) is 12.1 Å². The number of carbonyl (C=O) groups excluding carboxylic acids is 1. The van der Waals surface area contributed by atoms with E-state index in [0.717, 1.165) is 34.9 Å². The highest BCUT2D eigenvalue weighted by Crippen LogP contribution is 2.19. The Hall–Kier alpha value is -1.33. The van der Waals surface area contributed by atoms with Crippen LogP contribution in [0.4, 0.5) is 0 Å². The maximum Gasteiger partial charge on any atom is 0.169 e. The van der Waals surface area contributed by atoms with Crippen molar-refractivity contribution in [2.45, 2.75) is 26.0 Å². The van der Waals surface area contributed by atoms with E-state index in [9.17, 15) is 4.79 Å². The molecule has 0 saturated carbocycles. The van der Waals surface area contributed by atoms with Crippen LogP contribution < -0.4 is 0 Å². The van der Waals surface area contributed by atoms with Gasteiger partial charge in [-0.3, -0.25) is 4.79 Å². The number of thioether (sulfide) groups is 1. The molecular weight excluding hydrogens is 272 g/mol. The van der Waals surface area contributed by atoms with E-state index in [1.807, 2.05) is 24.3 Å². The Kier molecular flexibility index (Phi) is 4.08. The van der Waals surface area contributed by atoms with Gasteiger partial charge in [0.1, 0.15) is 11.9 Å². The van der Waals surface area contributed by atoms with Crippen LogP contribution in [0.2, 0.25) is 0 Å². The largest absolute Gasteiger partial charge is 0.369 e. The summed E-state index contributed by atoms with van der Waals surface area (Å²) in [5, 5.41) is 0. The van der Waals surface area contributed by atoms with E-state index >= 15 is 0 Å². The van der Waals surface area contributed by atoms with Crippen LogP contribution >= 0.6 is 11.8 Å². The molecule has 4 nitrogen and oxygen atoms in total. The number of hydrogen-bond donors (Lipinski definition) is 0. The number of imidazole rings is 1. The van der Waals surface area contributed by atoms with Crippen molar-refractivity contribution in [3.8, 4) is 0 Å². The van der Waals surface area contributed by atoms with Crippen molar-refractivity contribution in [1.29, 1.82) is 0 Å². The number of aromatic nitrogens is 2. The van der Waals surface area contributed by atoms with Crippen LogP contribution in [0.25, 0.3) is 11.0 Å². The van der Waals surface area contributed by atoms with Gasteiger partial charge in [0.05, 0.1) is 24.1 Å². The normalized spacial score (nSPS) is 19.4. The summed E-state index contributed by atoms with van der Waals surface area (Å²) < 4.78 is 7.67. The minimum atomic E-state index is -0.265. The summed E-state index contributed by atoms with van der Waals surface area (Å²) in [4.78, 5) is 16.9. The Morgan fingerprint density at radius 1 is 1.50 bits per heavy atom. The van der Waals surface area contributed by atoms with Gasteiger partial charge in [0.2, 0.25) is 0 Å². The summed E-state index contributed by atoms with van der Waals surface area (Å²) in [6.07, 6.45) is 0.0900. The van der Waals surface area contributed by atoms with Gasteiger partial charge in [-0.05, 0) is 19.1 Å². The monoisotopic (exact) mass is 290 g/mol. The number of nitrogens with zero attached hydrogens (tertiary/aromatic N) is 2. The van der Waals surface area contributed by atoms with Gasteiger partial charge in [0.15, 0.2) is 5.78 Å². The molecule has 0 spiro atoms. The van der Waals surface area contributed by atoms with Crippen molar-refractivity contribution in [1.82, 2.24) is 9.55 Å². The Labute approximate surface area is 122 Å². The molecule has 1 aromatic heterocycles. The average molecular weight is 290 g/mol. The minimum absolute atomic E-state index is 0.141. The SMILES string of the molecule is CCn1c(CC(=O)C2CSCCO2)nc2ccccc21. The first kappa shape index (κ1) is 13.6. The van der Waals surface area contributed by atoms with Crippen molar-refractivity contribution >= 4 is 28.6 Å². The summed E-state index contributed by atoms with van der Waals surface area (Å²) in [6, 6.07) is 8.01. The molecule has 1 saturated heterocycles. The lowest BCUT2D eigenvalue weighted by Crippen LogP contribution is -2.33. The second kappa shape index (κ2) is 5.97. The molecule has 1 fully saturated rings. The third-order valence-corrected chi connectivity index (χ3v) is 4.55. The fourth-order valence-electron chi connectivity index (χ4n) is 2.56. The Bertz CT molecular complexity index is 617. The minimum Gasteiger partial charge on any atom is -0.369 e. The lowest BCUT2D eigenvalue weighted by Gasteiger charge is -2.20. The summed E-state index contributed by atoms with van der Waals surface area (Å²) in [6.45, 7) is 3.57. The van der Waals surface area contributed by atoms with Crippen molar-refractivity contribution in [2.24, 2.45) is 0 Å². The quantitative estimate of drug-likeness (QED) is 0.866. The molecule has 3 rings (SSSR count). The van der Waals surface area contributed by atoms with Gasteiger partial charge in [-0.2, -0.15) is 11.8 Å². The van der Waals surface area contributed by atoms with Gasteiger partial charge in [-0.15, -0.1) is 0 Å². The van der Waals surface area contributed by atoms with Gasteiger partial charge in [0.25, 0.3) is 0 Å². The number of ketones is 1. The number of Topliss-reactive ketones (excluding diaryl/α,β-unsaturated/α-hetero) is 1. The molecule has 0 bridgehead atoms. The first-order valence-corrected chi connectivity index (χ1v) is 8.11. The van der Waals surface area contributed by atoms with Crippen molar-refractivity contribution < 1.29 is 9.53 Å². The zero-order chi connectivity index (χ0) is 13.9. The van der Waals surface area contributed by atoms with Crippen LogP contribution in [-0.2, 0) is 22.5 Å². The molecule has 0 amide bonds. The predicted molar refractivity (Wildman–Crippen MR) is 81.2 cm³/mol. The van der Waals surface area contributed by atoms with E-state index < -0.39 is 0 Å². The number of hydrogen-bond acceptors (Lipinski definition) is 4. The van der Waals surface area contributed by atoms with E-state index in [1.54, 1.807) is 11.8 Å². The van der Waals surface area contributed by atoms with E-state index in [2.05, 4.69) is 16.5 Å². The number of rotatable bonds is 4. The molecule has 106 valence electrons. The maximum absolute atomic E-state index is 12.3. The highest BCUT2D eigenvalue weighted by molar-refractivity contribution is 7.99. The molecule has 1 unspecified atom stereocenters. The maximum atomic E-state index is 12.3. The first-order chi connectivity index (χ1) is 9.79. The fraction of sp³-hybridized carbons (Fsp3) is 0.467. The zero-order valence-electron chi connectivity index (χ0n) is 11.5. The van der Waals surface area contributed by atoms with Crippen LogP contribution in [0.1, 0.15) is 12.7 Å².